The average Bonchev–Trinajstić information content (AvgIpc) is 2.52. The van der Waals surface area contributed by atoms with E-state index in [0.29, 0.717) is 12.6 Å². The summed E-state index contributed by atoms with van der Waals surface area (Å²) < 4.78 is 11.0. The van der Waals surface area contributed by atoms with Gasteiger partial charge in [-0.1, -0.05) is 13.8 Å². The lowest BCUT2D eigenvalue weighted by Crippen LogP contribution is -2.53. The Morgan fingerprint density at radius 1 is 1.14 bits per heavy atom. The van der Waals surface area contributed by atoms with Crippen molar-refractivity contribution in [3.05, 3.63) is 0 Å². The molecule has 0 saturated carbocycles. The molecule has 1 amide bonds. The Morgan fingerprint density at radius 3 is 2.52 bits per heavy atom. The number of carbonyl (C=O) groups excluding carboxylic acids is 1. The highest BCUT2D eigenvalue weighted by Crippen LogP contribution is 2.13. The van der Waals surface area contributed by atoms with Crippen molar-refractivity contribution >= 4 is 5.91 Å². The van der Waals surface area contributed by atoms with Gasteiger partial charge in [0.05, 0.1) is 12.1 Å². The predicted molar refractivity (Wildman–Crippen MR) is 82.2 cm³/mol. The Bertz CT molecular complexity index is 311. The van der Waals surface area contributed by atoms with Crippen molar-refractivity contribution in [2.24, 2.45) is 5.92 Å². The minimum Gasteiger partial charge on any atom is -0.381 e. The molecule has 0 bridgehead atoms. The molecule has 2 fully saturated rings. The third-order valence-electron chi connectivity index (χ3n) is 4.36. The van der Waals surface area contributed by atoms with E-state index in [9.17, 15) is 4.79 Å². The van der Waals surface area contributed by atoms with Crippen LogP contribution in [0.3, 0.4) is 0 Å². The lowest BCUT2D eigenvalue weighted by Gasteiger charge is -2.30. The summed E-state index contributed by atoms with van der Waals surface area (Å²) in [6.45, 7) is 7.23. The second-order valence-corrected chi connectivity index (χ2v) is 6.51. The number of hydrogen-bond acceptors (Lipinski definition) is 4. The van der Waals surface area contributed by atoms with Crippen molar-refractivity contribution in [3.8, 4) is 0 Å². The zero-order chi connectivity index (χ0) is 15.1. The summed E-state index contributed by atoms with van der Waals surface area (Å²) in [5.74, 6) is 0.380. The fourth-order valence-corrected chi connectivity index (χ4v) is 2.98. The molecule has 0 spiro atoms. The maximum absolute atomic E-state index is 12.4. The van der Waals surface area contributed by atoms with E-state index in [-0.39, 0.29) is 24.0 Å². The molecule has 2 atom stereocenters. The number of rotatable bonds is 6. The van der Waals surface area contributed by atoms with Crippen LogP contribution in [-0.2, 0) is 14.3 Å². The SMILES string of the molecule is CC(C)C(NC1CCOCC1)C(=O)NCC1CCCCO1. The number of hydrogen-bond donors (Lipinski definition) is 2. The van der Waals surface area contributed by atoms with Gasteiger partial charge in [0, 0.05) is 32.4 Å². The molecule has 0 aromatic rings. The summed E-state index contributed by atoms with van der Waals surface area (Å²) in [6, 6.07) is 0.263. The standard InChI is InChI=1S/C16H30N2O3/c1-12(2)15(18-13-6-9-20-10-7-13)16(19)17-11-14-5-3-4-8-21-14/h12-15,18H,3-11H2,1-2H3,(H,17,19). The van der Waals surface area contributed by atoms with E-state index in [1.54, 1.807) is 0 Å². The van der Waals surface area contributed by atoms with Crippen molar-refractivity contribution < 1.29 is 14.3 Å². The van der Waals surface area contributed by atoms with Gasteiger partial charge in [0.15, 0.2) is 0 Å². The van der Waals surface area contributed by atoms with Gasteiger partial charge in [-0.25, -0.2) is 0 Å². The van der Waals surface area contributed by atoms with Crippen LogP contribution in [0.4, 0.5) is 0 Å². The summed E-state index contributed by atoms with van der Waals surface area (Å²) in [4.78, 5) is 12.4. The van der Waals surface area contributed by atoms with E-state index >= 15 is 0 Å². The van der Waals surface area contributed by atoms with Crippen molar-refractivity contribution in [1.29, 1.82) is 0 Å². The van der Waals surface area contributed by atoms with E-state index in [4.69, 9.17) is 9.47 Å². The van der Waals surface area contributed by atoms with E-state index in [2.05, 4.69) is 24.5 Å². The van der Waals surface area contributed by atoms with Gasteiger partial charge in [-0.2, -0.15) is 0 Å². The van der Waals surface area contributed by atoms with Crippen molar-refractivity contribution in [1.82, 2.24) is 10.6 Å². The Labute approximate surface area is 128 Å². The number of ether oxygens (including phenoxy) is 2. The quantitative estimate of drug-likeness (QED) is 0.779. The van der Waals surface area contributed by atoms with Crippen LogP contribution in [0.1, 0.15) is 46.0 Å². The van der Waals surface area contributed by atoms with Crippen LogP contribution in [0.15, 0.2) is 0 Å². The summed E-state index contributed by atoms with van der Waals surface area (Å²) in [5, 5.41) is 6.58. The van der Waals surface area contributed by atoms with Crippen molar-refractivity contribution in [2.75, 3.05) is 26.4 Å². The minimum absolute atomic E-state index is 0.102. The van der Waals surface area contributed by atoms with Crippen LogP contribution in [0.2, 0.25) is 0 Å². The molecule has 0 aromatic heterocycles. The molecule has 21 heavy (non-hydrogen) atoms. The van der Waals surface area contributed by atoms with E-state index < -0.39 is 0 Å². The molecule has 2 unspecified atom stereocenters. The first-order chi connectivity index (χ1) is 10.2. The molecule has 0 radical (unpaired) electrons. The van der Waals surface area contributed by atoms with Crippen LogP contribution in [-0.4, -0.2) is 50.5 Å². The first kappa shape index (κ1) is 16.7. The third-order valence-corrected chi connectivity index (χ3v) is 4.36. The molecule has 2 rings (SSSR count). The first-order valence-electron chi connectivity index (χ1n) is 8.40. The summed E-state index contributed by atoms with van der Waals surface area (Å²) in [7, 11) is 0. The highest BCUT2D eigenvalue weighted by molar-refractivity contribution is 5.82. The molecular formula is C16H30N2O3. The molecule has 5 nitrogen and oxygen atoms in total. The number of nitrogens with one attached hydrogen (secondary N) is 2. The first-order valence-corrected chi connectivity index (χ1v) is 8.40. The highest BCUT2D eigenvalue weighted by Gasteiger charge is 2.26. The fourth-order valence-electron chi connectivity index (χ4n) is 2.98. The van der Waals surface area contributed by atoms with Crippen LogP contribution in [0.5, 0.6) is 0 Å². The topological polar surface area (TPSA) is 59.6 Å². The van der Waals surface area contributed by atoms with Gasteiger partial charge in [-0.05, 0) is 38.0 Å². The highest BCUT2D eigenvalue weighted by atomic mass is 16.5. The Hall–Kier alpha value is -0.650. The normalized spacial score (nSPS) is 25.8. The predicted octanol–water partition coefficient (Wildman–Crippen LogP) is 1.46. The maximum atomic E-state index is 12.4. The van der Waals surface area contributed by atoms with Crippen LogP contribution in [0, 0.1) is 5.92 Å². The molecule has 2 saturated heterocycles. The number of carbonyl (C=O) groups is 1. The zero-order valence-electron chi connectivity index (χ0n) is 13.4. The maximum Gasteiger partial charge on any atom is 0.237 e. The second-order valence-electron chi connectivity index (χ2n) is 6.51. The lowest BCUT2D eigenvalue weighted by molar-refractivity contribution is -0.125. The summed E-state index contributed by atoms with van der Waals surface area (Å²) in [5.41, 5.74) is 0. The second kappa shape index (κ2) is 8.71. The Morgan fingerprint density at radius 2 is 1.90 bits per heavy atom. The fraction of sp³-hybridized carbons (Fsp3) is 0.938. The molecule has 2 heterocycles. The molecule has 2 N–H and O–H groups in total. The minimum atomic E-state index is -0.128. The van der Waals surface area contributed by atoms with Gasteiger partial charge in [-0.15, -0.1) is 0 Å². The van der Waals surface area contributed by atoms with Gasteiger partial charge in [0.25, 0.3) is 0 Å². The summed E-state index contributed by atoms with van der Waals surface area (Å²) >= 11 is 0. The Kier molecular flexibility index (Phi) is 6.93. The van der Waals surface area contributed by atoms with Gasteiger partial charge < -0.3 is 20.1 Å². The molecule has 122 valence electrons. The zero-order valence-corrected chi connectivity index (χ0v) is 13.4. The molecule has 0 aromatic carbocycles. The molecule has 2 aliphatic heterocycles. The van der Waals surface area contributed by atoms with Gasteiger partial charge >= 0.3 is 0 Å². The van der Waals surface area contributed by atoms with Crippen LogP contribution >= 0.6 is 0 Å². The molecule has 2 aliphatic rings. The van der Waals surface area contributed by atoms with E-state index in [1.165, 1.54) is 6.42 Å². The van der Waals surface area contributed by atoms with Crippen molar-refractivity contribution in [3.63, 3.8) is 0 Å². The van der Waals surface area contributed by atoms with E-state index in [0.717, 1.165) is 45.5 Å². The Balaban J connectivity index is 1.77. The van der Waals surface area contributed by atoms with Gasteiger partial charge in [0.1, 0.15) is 0 Å². The largest absolute Gasteiger partial charge is 0.381 e. The molecule has 0 aliphatic carbocycles. The summed E-state index contributed by atoms with van der Waals surface area (Å²) in [6.07, 6.45) is 5.57. The lowest BCUT2D eigenvalue weighted by atomic mass is 9.99. The molecular weight excluding hydrogens is 268 g/mol. The average molecular weight is 298 g/mol. The van der Waals surface area contributed by atoms with Crippen LogP contribution < -0.4 is 10.6 Å². The van der Waals surface area contributed by atoms with Gasteiger partial charge in [-0.3, -0.25) is 4.79 Å². The number of amides is 1. The smallest absolute Gasteiger partial charge is 0.237 e. The monoisotopic (exact) mass is 298 g/mol. The van der Waals surface area contributed by atoms with Gasteiger partial charge in [0.2, 0.25) is 5.91 Å². The van der Waals surface area contributed by atoms with Crippen LogP contribution in [0.25, 0.3) is 0 Å². The van der Waals surface area contributed by atoms with E-state index in [1.807, 2.05) is 0 Å². The third kappa shape index (κ3) is 5.57. The molecule has 5 heteroatoms. The van der Waals surface area contributed by atoms with Crippen molar-refractivity contribution in [2.45, 2.75) is 64.1 Å².